The standard InChI is InChI=1S/C19H25N3O2/c1-13-14(2)20-18(21-19(13)23)16-7-5-9-22(12-16)11-15-6-4-8-17(10-15)24-3/h4,6,8,10,16H,5,7,9,11-12H2,1-3H3,(H,20,21,23)/t16-/m1/s1. The maximum Gasteiger partial charge on any atom is 0.254 e. The molecule has 0 saturated carbocycles. The zero-order valence-corrected chi connectivity index (χ0v) is 14.6. The number of ether oxygens (including phenoxy) is 1. The molecule has 0 unspecified atom stereocenters. The number of hydrogen-bond acceptors (Lipinski definition) is 4. The Balaban J connectivity index is 1.73. The van der Waals surface area contributed by atoms with Crippen molar-refractivity contribution in [3.8, 4) is 5.75 Å². The van der Waals surface area contributed by atoms with Crippen molar-refractivity contribution in [2.45, 2.75) is 39.2 Å². The van der Waals surface area contributed by atoms with Crippen LogP contribution in [0.15, 0.2) is 29.1 Å². The fourth-order valence-corrected chi connectivity index (χ4v) is 3.31. The molecular weight excluding hydrogens is 302 g/mol. The van der Waals surface area contributed by atoms with Crippen LogP contribution in [0.2, 0.25) is 0 Å². The van der Waals surface area contributed by atoms with Gasteiger partial charge >= 0.3 is 0 Å². The van der Waals surface area contributed by atoms with E-state index in [-0.39, 0.29) is 11.5 Å². The molecule has 0 spiro atoms. The van der Waals surface area contributed by atoms with E-state index in [9.17, 15) is 4.79 Å². The van der Waals surface area contributed by atoms with E-state index in [4.69, 9.17) is 4.74 Å². The molecule has 0 radical (unpaired) electrons. The highest BCUT2D eigenvalue weighted by atomic mass is 16.5. The largest absolute Gasteiger partial charge is 0.497 e. The monoisotopic (exact) mass is 327 g/mol. The third-order valence-electron chi connectivity index (χ3n) is 4.85. The summed E-state index contributed by atoms with van der Waals surface area (Å²) >= 11 is 0. The van der Waals surface area contributed by atoms with Crippen LogP contribution in [0, 0.1) is 13.8 Å². The smallest absolute Gasteiger partial charge is 0.254 e. The predicted molar refractivity (Wildman–Crippen MR) is 94.6 cm³/mol. The van der Waals surface area contributed by atoms with Crippen LogP contribution in [0.3, 0.4) is 0 Å². The number of nitrogens with zero attached hydrogens (tertiary/aromatic N) is 2. The first-order valence-electron chi connectivity index (χ1n) is 8.49. The minimum atomic E-state index is -0.0116. The maximum absolute atomic E-state index is 12.0. The maximum atomic E-state index is 12.0. The van der Waals surface area contributed by atoms with Gasteiger partial charge in [0.25, 0.3) is 5.56 Å². The molecule has 1 saturated heterocycles. The molecule has 1 aromatic heterocycles. The van der Waals surface area contributed by atoms with E-state index in [2.05, 4.69) is 27.0 Å². The van der Waals surface area contributed by atoms with Crippen LogP contribution in [0.25, 0.3) is 0 Å². The molecule has 5 nitrogen and oxygen atoms in total. The number of aromatic nitrogens is 2. The van der Waals surface area contributed by atoms with Crippen molar-refractivity contribution in [2.75, 3.05) is 20.2 Å². The van der Waals surface area contributed by atoms with E-state index in [1.165, 1.54) is 5.56 Å². The molecule has 2 aromatic rings. The average Bonchev–Trinajstić information content (AvgIpc) is 2.59. The molecule has 3 rings (SSSR count). The SMILES string of the molecule is COc1cccc(CN2CCC[C@@H](c3nc(C)c(C)c(=O)[nH]3)C2)c1. The quantitative estimate of drug-likeness (QED) is 0.938. The van der Waals surface area contributed by atoms with Crippen LogP contribution in [-0.4, -0.2) is 35.1 Å². The molecule has 1 aromatic carbocycles. The summed E-state index contributed by atoms with van der Waals surface area (Å²) in [6.07, 6.45) is 2.19. The number of piperidine rings is 1. The number of H-pyrrole nitrogens is 1. The van der Waals surface area contributed by atoms with E-state index in [0.29, 0.717) is 5.56 Å². The van der Waals surface area contributed by atoms with Crippen LogP contribution in [0.1, 0.15) is 41.4 Å². The Labute approximate surface area is 142 Å². The minimum absolute atomic E-state index is 0.0116. The van der Waals surface area contributed by atoms with Gasteiger partial charge in [0.05, 0.1) is 7.11 Å². The first kappa shape index (κ1) is 16.7. The minimum Gasteiger partial charge on any atom is -0.497 e. The summed E-state index contributed by atoms with van der Waals surface area (Å²) in [7, 11) is 1.69. The summed E-state index contributed by atoms with van der Waals surface area (Å²) in [5.74, 6) is 2.01. The van der Waals surface area contributed by atoms with Gasteiger partial charge in [0.2, 0.25) is 0 Å². The number of hydrogen-bond donors (Lipinski definition) is 1. The summed E-state index contributed by atoms with van der Waals surface area (Å²) in [6, 6.07) is 8.20. The number of benzene rings is 1. The molecule has 1 aliphatic heterocycles. The lowest BCUT2D eigenvalue weighted by atomic mass is 9.96. The summed E-state index contributed by atoms with van der Waals surface area (Å²) in [5, 5.41) is 0. The first-order valence-corrected chi connectivity index (χ1v) is 8.49. The highest BCUT2D eigenvalue weighted by Crippen LogP contribution is 2.26. The Morgan fingerprint density at radius 3 is 2.96 bits per heavy atom. The van der Waals surface area contributed by atoms with E-state index in [0.717, 1.165) is 49.7 Å². The van der Waals surface area contributed by atoms with Gasteiger partial charge in [-0.2, -0.15) is 0 Å². The Bertz CT molecular complexity index is 769. The Kier molecular flexibility index (Phi) is 5.00. The fraction of sp³-hybridized carbons (Fsp3) is 0.474. The number of likely N-dealkylation sites (tertiary alicyclic amines) is 1. The highest BCUT2D eigenvalue weighted by Gasteiger charge is 2.24. The summed E-state index contributed by atoms with van der Waals surface area (Å²) in [4.78, 5) is 22.1. The van der Waals surface area contributed by atoms with Crippen molar-refractivity contribution in [1.82, 2.24) is 14.9 Å². The van der Waals surface area contributed by atoms with Gasteiger partial charge in [-0.3, -0.25) is 9.69 Å². The molecular formula is C19H25N3O2. The molecule has 1 fully saturated rings. The van der Waals surface area contributed by atoms with Crippen molar-refractivity contribution in [3.63, 3.8) is 0 Å². The third-order valence-corrected chi connectivity index (χ3v) is 4.85. The summed E-state index contributed by atoms with van der Waals surface area (Å²) in [6.45, 7) is 6.61. The van der Waals surface area contributed by atoms with Crippen LogP contribution in [0.5, 0.6) is 5.75 Å². The second kappa shape index (κ2) is 7.18. The van der Waals surface area contributed by atoms with E-state index in [1.807, 2.05) is 26.0 Å². The normalized spacial score (nSPS) is 18.5. The zero-order valence-electron chi connectivity index (χ0n) is 14.6. The predicted octanol–water partition coefficient (Wildman–Crippen LogP) is 2.77. The molecule has 2 heterocycles. The molecule has 1 atom stereocenters. The molecule has 128 valence electrons. The number of aromatic amines is 1. The number of aryl methyl sites for hydroxylation is 1. The van der Waals surface area contributed by atoms with E-state index in [1.54, 1.807) is 7.11 Å². The average molecular weight is 327 g/mol. The third kappa shape index (κ3) is 3.67. The molecule has 0 aliphatic carbocycles. The topological polar surface area (TPSA) is 58.2 Å². The van der Waals surface area contributed by atoms with Crippen LogP contribution in [0.4, 0.5) is 0 Å². The van der Waals surface area contributed by atoms with Gasteiger partial charge in [0.1, 0.15) is 11.6 Å². The lowest BCUT2D eigenvalue weighted by Crippen LogP contribution is -2.35. The first-order chi connectivity index (χ1) is 11.6. The fourth-order valence-electron chi connectivity index (χ4n) is 3.31. The second-order valence-corrected chi connectivity index (χ2v) is 6.59. The second-order valence-electron chi connectivity index (χ2n) is 6.59. The summed E-state index contributed by atoms with van der Waals surface area (Å²) < 4.78 is 5.30. The van der Waals surface area contributed by atoms with Crippen LogP contribution in [-0.2, 0) is 6.54 Å². The summed E-state index contributed by atoms with van der Waals surface area (Å²) in [5.41, 5.74) is 2.78. The van der Waals surface area contributed by atoms with Gasteiger partial charge in [-0.25, -0.2) is 4.98 Å². The molecule has 1 N–H and O–H groups in total. The lowest BCUT2D eigenvalue weighted by molar-refractivity contribution is 0.196. The molecule has 0 amide bonds. The van der Waals surface area contributed by atoms with Crippen molar-refractivity contribution in [3.05, 3.63) is 57.3 Å². The van der Waals surface area contributed by atoms with Crippen molar-refractivity contribution >= 4 is 0 Å². The van der Waals surface area contributed by atoms with E-state index >= 15 is 0 Å². The van der Waals surface area contributed by atoms with Gasteiger partial charge in [0, 0.05) is 30.3 Å². The zero-order chi connectivity index (χ0) is 17.1. The molecule has 1 aliphatic rings. The van der Waals surface area contributed by atoms with Crippen molar-refractivity contribution in [2.24, 2.45) is 0 Å². The van der Waals surface area contributed by atoms with Gasteiger partial charge < -0.3 is 9.72 Å². The molecule has 5 heteroatoms. The van der Waals surface area contributed by atoms with Gasteiger partial charge in [-0.1, -0.05) is 12.1 Å². The Morgan fingerprint density at radius 1 is 1.38 bits per heavy atom. The molecule has 24 heavy (non-hydrogen) atoms. The highest BCUT2D eigenvalue weighted by molar-refractivity contribution is 5.28. The van der Waals surface area contributed by atoms with Gasteiger partial charge in [-0.15, -0.1) is 0 Å². The molecule has 0 bridgehead atoms. The van der Waals surface area contributed by atoms with Crippen molar-refractivity contribution < 1.29 is 4.74 Å². The van der Waals surface area contributed by atoms with Crippen LogP contribution >= 0.6 is 0 Å². The van der Waals surface area contributed by atoms with Crippen LogP contribution < -0.4 is 10.3 Å². The van der Waals surface area contributed by atoms with Crippen molar-refractivity contribution in [1.29, 1.82) is 0 Å². The number of rotatable bonds is 4. The van der Waals surface area contributed by atoms with E-state index < -0.39 is 0 Å². The Hall–Kier alpha value is -2.14. The lowest BCUT2D eigenvalue weighted by Gasteiger charge is -2.32. The van der Waals surface area contributed by atoms with Gasteiger partial charge in [-0.05, 0) is 50.9 Å². The van der Waals surface area contributed by atoms with Gasteiger partial charge in [0.15, 0.2) is 0 Å². The number of methoxy groups -OCH3 is 1. The Morgan fingerprint density at radius 2 is 2.21 bits per heavy atom. The number of nitrogens with one attached hydrogen (secondary N) is 1.